The molecule has 1 saturated heterocycles. The molecule has 20 heavy (non-hydrogen) atoms. The first-order chi connectivity index (χ1) is 9.79. The SMILES string of the molecule is O=C(NCC1CCCO1)N[C@H](CCO)c1ccccc1. The van der Waals surface area contributed by atoms with Gasteiger partial charge in [-0.2, -0.15) is 0 Å². The number of aliphatic hydroxyl groups excluding tert-OH is 1. The van der Waals surface area contributed by atoms with Gasteiger partial charge < -0.3 is 20.5 Å². The number of carbonyl (C=O) groups is 1. The predicted octanol–water partition coefficient (Wildman–Crippen LogP) is 1.59. The third-order valence-corrected chi connectivity index (χ3v) is 3.44. The largest absolute Gasteiger partial charge is 0.396 e. The van der Waals surface area contributed by atoms with E-state index in [1.807, 2.05) is 30.3 Å². The van der Waals surface area contributed by atoms with Gasteiger partial charge in [-0.25, -0.2) is 4.79 Å². The number of aliphatic hydroxyl groups is 1. The Morgan fingerprint density at radius 1 is 1.40 bits per heavy atom. The zero-order chi connectivity index (χ0) is 14.2. The number of hydrogen-bond acceptors (Lipinski definition) is 3. The molecule has 2 amide bonds. The lowest BCUT2D eigenvalue weighted by molar-refractivity contribution is 0.111. The molecule has 1 aliphatic rings. The molecule has 2 atom stereocenters. The lowest BCUT2D eigenvalue weighted by Crippen LogP contribution is -2.41. The van der Waals surface area contributed by atoms with Gasteiger partial charge in [0.1, 0.15) is 0 Å². The van der Waals surface area contributed by atoms with Crippen molar-refractivity contribution < 1.29 is 14.6 Å². The second-order valence-electron chi connectivity index (χ2n) is 4.96. The third kappa shape index (κ3) is 4.51. The summed E-state index contributed by atoms with van der Waals surface area (Å²) >= 11 is 0. The third-order valence-electron chi connectivity index (χ3n) is 3.44. The van der Waals surface area contributed by atoms with Gasteiger partial charge in [-0.1, -0.05) is 30.3 Å². The van der Waals surface area contributed by atoms with E-state index < -0.39 is 0 Å². The van der Waals surface area contributed by atoms with Crippen molar-refractivity contribution in [1.29, 1.82) is 0 Å². The van der Waals surface area contributed by atoms with Crippen LogP contribution in [-0.2, 0) is 4.74 Å². The molecule has 0 aliphatic carbocycles. The molecule has 5 heteroatoms. The van der Waals surface area contributed by atoms with Gasteiger partial charge in [-0.3, -0.25) is 0 Å². The summed E-state index contributed by atoms with van der Waals surface area (Å²) in [5.74, 6) is 0. The van der Waals surface area contributed by atoms with E-state index in [2.05, 4.69) is 10.6 Å². The molecule has 5 nitrogen and oxygen atoms in total. The Labute approximate surface area is 119 Å². The molecule has 1 heterocycles. The number of hydrogen-bond donors (Lipinski definition) is 3. The summed E-state index contributed by atoms with van der Waals surface area (Å²) in [6.45, 7) is 1.35. The normalized spacial score (nSPS) is 19.6. The maximum absolute atomic E-state index is 11.9. The van der Waals surface area contributed by atoms with Gasteiger partial charge in [0.15, 0.2) is 0 Å². The van der Waals surface area contributed by atoms with E-state index in [4.69, 9.17) is 9.84 Å². The minimum atomic E-state index is -0.220. The fourth-order valence-electron chi connectivity index (χ4n) is 2.36. The first-order valence-electron chi connectivity index (χ1n) is 7.11. The topological polar surface area (TPSA) is 70.6 Å². The van der Waals surface area contributed by atoms with Crippen molar-refractivity contribution in [3.05, 3.63) is 35.9 Å². The van der Waals surface area contributed by atoms with Crippen LogP contribution < -0.4 is 10.6 Å². The summed E-state index contributed by atoms with van der Waals surface area (Å²) in [6, 6.07) is 9.27. The summed E-state index contributed by atoms with van der Waals surface area (Å²) < 4.78 is 5.46. The van der Waals surface area contributed by atoms with Crippen molar-refractivity contribution >= 4 is 6.03 Å². The first-order valence-corrected chi connectivity index (χ1v) is 7.11. The van der Waals surface area contributed by atoms with Crippen molar-refractivity contribution in [3.8, 4) is 0 Å². The lowest BCUT2D eigenvalue weighted by Gasteiger charge is -2.19. The van der Waals surface area contributed by atoms with E-state index in [1.165, 1.54) is 0 Å². The van der Waals surface area contributed by atoms with Crippen molar-refractivity contribution in [2.24, 2.45) is 0 Å². The van der Waals surface area contributed by atoms with Gasteiger partial charge in [0, 0.05) is 19.8 Å². The van der Waals surface area contributed by atoms with E-state index in [1.54, 1.807) is 0 Å². The van der Waals surface area contributed by atoms with E-state index in [-0.39, 0.29) is 24.8 Å². The lowest BCUT2D eigenvalue weighted by atomic mass is 10.0. The fraction of sp³-hybridized carbons (Fsp3) is 0.533. The molecular weight excluding hydrogens is 256 g/mol. The highest BCUT2D eigenvalue weighted by molar-refractivity contribution is 5.74. The summed E-state index contributed by atoms with van der Waals surface area (Å²) in [5, 5.41) is 14.8. The molecule has 1 aromatic rings. The second-order valence-corrected chi connectivity index (χ2v) is 4.96. The molecule has 1 fully saturated rings. The average molecular weight is 278 g/mol. The quantitative estimate of drug-likeness (QED) is 0.740. The molecule has 0 bridgehead atoms. The number of ether oxygens (including phenoxy) is 1. The van der Waals surface area contributed by atoms with Crippen molar-refractivity contribution in [2.45, 2.75) is 31.4 Å². The van der Waals surface area contributed by atoms with Crippen LogP contribution in [0.15, 0.2) is 30.3 Å². The fourth-order valence-corrected chi connectivity index (χ4v) is 2.36. The van der Waals surface area contributed by atoms with Gasteiger partial charge in [0.05, 0.1) is 12.1 Å². The average Bonchev–Trinajstić information content (AvgIpc) is 2.99. The zero-order valence-electron chi connectivity index (χ0n) is 11.5. The Hall–Kier alpha value is -1.59. The van der Waals surface area contributed by atoms with Gasteiger partial charge in [-0.15, -0.1) is 0 Å². The molecule has 1 aromatic carbocycles. The Morgan fingerprint density at radius 2 is 2.20 bits per heavy atom. The summed E-state index contributed by atoms with van der Waals surface area (Å²) in [4.78, 5) is 11.9. The molecule has 1 aliphatic heterocycles. The second kappa shape index (κ2) is 7.87. The van der Waals surface area contributed by atoms with Crippen LogP contribution in [0.3, 0.4) is 0 Å². The molecule has 0 spiro atoms. The number of amides is 2. The highest BCUT2D eigenvalue weighted by Gasteiger charge is 2.18. The molecule has 0 aromatic heterocycles. The number of urea groups is 1. The van der Waals surface area contributed by atoms with Gasteiger partial charge in [0.25, 0.3) is 0 Å². The molecule has 2 rings (SSSR count). The molecule has 0 radical (unpaired) electrons. The van der Waals surface area contributed by atoms with E-state index in [0.717, 1.165) is 25.0 Å². The Kier molecular flexibility index (Phi) is 5.83. The van der Waals surface area contributed by atoms with Gasteiger partial charge in [0.2, 0.25) is 0 Å². The van der Waals surface area contributed by atoms with E-state index >= 15 is 0 Å². The Bertz CT molecular complexity index is 405. The zero-order valence-corrected chi connectivity index (χ0v) is 11.5. The van der Waals surface area contributed by atoms with E-state index in [9.17, 15) is 4.79 Å². The van der Waals surface area contributed by atoms with Crippen molar-refractivity contribution in [2.75, 3.05) is 19.8 Å². The van der Waals surface area contributed by atoms with Crippen LogP contribution in [0.25, 0.3) is 0 Å². The summed E-state index contributed by atoms with van der Waals surface area (Å²) in [7, 11) is 0. The van der Waals surface area contributed by atoms with Crippen LogP contribution in [0.1, 0.15) is 30.9 Å². The van der Waals surface area contributed by atoms with Crippen molar-refractivity contribution in [3.63, 3.8) is 0 Å². The number of benzene rings is 1. The van der Waals surface area contributed by atoms with E-state index in [0.29, 0.717) is 13.0 Å². The van der Waals surface area contributed by atoms with Crippen LogP contribution in [0.5, 0.6) is 0 Å². The minimum absolute atomic E-state index is 0.0333. The smallest absolute Gasteiger partial charge is 0.315 e. The minimum Gasteiger partial charge on any atom is -0.396 e. The maximum atomic E-state index is 11.9. The number of nitrogens with one attached hydrogen (secondary N) is 2. The van der Waals surface area contributed by atoms with Gasteiger partial charge >= 0.3 is 6.03 Å². The van der Waals surface area contributed by atoms with Crippen LogP contribution in [0.4, 0.5) is 4.79 Å². The highest BCUT2D eigenvalue weighted by Crippen LogP contribution is 2.16. The summed E-state index contributed by atoms with van der Waals surface area (Å²) in [5.41, 5.74) is 0.994. The van der Waals surface area contributed by atoms with Gasteiger partial charge in [-0.05, 0) is 24.8 Å². The van der Waals surface area contributed by atoms with Crippen molar-refractivity contribution in [1.82, 2.24) is 10.6 Å². The number of rotatable bonds is 6. The van der Waals surface area contributed by atoms with Crippen LogP contribution in [-0.4, -0.2) is 37.0 Å². The monoisotopic (exact) mass is 278 g/mol. The molecule has 0 saturated carbocycles. The van der Waals surface area contributed by atoms with Crippen LogP contribution in [0, 0.1) is 0 Å². The number of carbonyl (C=O) groups excluding carboxylic acids is 1. The molecular formula is C15H22N2O3. The van der Waals surface area contributed by atoms with Crippen LogP contribution >= 0.6 is 0 Å². The predicted molar refractivity (Wildman–Crippen MR) is 76.4 cm³/mol. The highest BCUT2D eigenvalue weighted by atomic mass is 16.5. The summed E-state index contributed by atoms with van der Waals surface area (Å²) in [6.07, 6.45) is 2.69. The maximum Gasteiger partial charge on any atom is 0.315 e. The van der Waals surface area contributed by atoms with Crippen LogP contribution in [0.2, 0.25) is 0 Å². The Morgan fingerprint density at radius 3 is 2.85 bits per heavy atom. The Balaban J connectivity index is 1.82. The standard InChI is InChI=1S/C15H22N2O3/c18-9-8-14(12-5-2-1-3-6-12)17-15(19)16-11-13-7-4-10-20-13/h1-3,5-6,13-14,18H,4,7-11H2,(H2,16,17,19)/t13?,14-/m1/s1. The molecule has 110 valence electrons. The molecule has 3 N–H and O–H groups in total. The first kappa shape index (κ1) is 14.8. The molecule has 1 unspecified atom stereocenters.